The van der Waals surface area contributed by atoms with E-state index in [4.69, 9.17) is 0 Å². The fraction of sp³-hybridized carbons (Fsp3) is 0.938. The largest absolute Gasteiger partial charge is 0.393 e. The van der Waals surface area contributed by atoms with Gasteiger partial charge in [0.05, 0.1) is 12.5 Å². The minimum Gasteiger partial charge on any atom is -0.341 e. The number of alkyl halides is 3. The lowest BCUT2D eigenvalue weighted by molar-refractivity contribution is -0.188. The van der Waals surface area contributed by atoms with Crippen LogP contribution in [0.1, 0.15) is 52.9 Å². The first kappa shape index (κ1) is 19.3. The normalized spacial score (nSPS) is 20.0. The van der Waals surface area contributed by atoms with E-state index in [1.54, 1.807) is 0 Å². The molecule has 1 aliphatic heterocycles. The Kier molecular flexibility index (Phi) is 7.66. The van der Waals surface area contributed by atoms with Gasteiger partial charge in [0.1, 0.15) is 0 Å². The summed E-state index contributed by atoms with van der Waals surface area (Å²) in [6.07, 6.45) is -0.382. The highest BCUT2D eigenvalue weighted by Crippen LogP contribution is 2.33. The van der Waals surface area contributed by atoms with Crippen molar-refractivity contribution in [2.45, 2.75) is 65.1 Å². The molecule has 1 saturated heterocycles. The third-order valence-electron chi connectivity index (χ3n) is 4.35. The summed E-state index contributed by atoms with van der Waals surface area (Å²) in [5, 5.41) is 0. The van der Waals surface area contributed by atoms with E-state index in [0.29, 0.717) is 13.0 Å². The molecule has 1 amide bonds. The number of carbonyl (C=O) groups is 1. The van der Waals surface area contributed by atoms with Crippen molar-refractivity contribution in [2.24, 2.45) is 5.92 Å². The van der Waals surface area contributed by atoms with Gasteiger partial charge in [0.2, 0.25) is 5.91 Å². The molecule has 3 nitrogen and oxygen atoms in total. The molecule has 0 aromatic carbocycles. The highest BCUT2D eigenvalue weighted by molar-refractivity contribution is 5.78. The average Bonchev–Trinajstić information content (AvgIpc) is 2.45. The van der Waals surface area contributed by atoms with E-state index in [9.17, 15) is 18.0 Å². The van der Waals surface area contributed by atoms with Gasteiger partial charge in [0, 0.05) is 19.1 Å². The second kappa shape index (κ2) is 8.75. The topological polar surface area (TPSA) is 23.6 Å². The lowest BCUT2D eigenvalue weighted by Crippen LogP contribution is -2.49. The van der Waals surface area contributed by atoms with E-state index in [2.05, 4.69) is 11.8 Å². The molecule has 6 heteroatoms. The molecule has 1 unspecified atom stereocenters. The highest BCUT2D eigenvalue weighted by Gasteiger charge is 2.42. The van der Waals surface area contributed by atoms with E-state index >= 15 is 0 Å². The quantitative estimate of drug-likeness (QED) is 0.668. The van der Waals surface area contributed by atoms with Crippen LogP contribution in [-0.2, 0) is 4.79 Å². The van der Waals surface area contributed by atoms with Crippen molar-refractivity contribution in [3.05, 3.63) is 0 Å². The molecule has 0 bridgehead atoms. The van der Waals surface area contributed by atoms with Crippen LogP contribution in [0.2, 0.25) is 0 Å². The van der Waals surface area contributed by atoms with Gasteiger partial charge in [-0.3, -0.25) is 9.69 Å². The summed E-state index contributed by atoms with van der Waals surface area (Å²) in [4.78, 5) is 15.8. The van der Waals surface area contributed by atoms with Crippen LogP contribution in [0.4, 0.5) is 13.2 Å². The minimum absolute atomic E-state index is 0.137. The van der Waals surface area contributed by atoms with E-state index in [1.807, 2.05) is 13.8 Å². The lowest BCUT2D eigenvalue weighted by Gasteiger charge is -2.35. The number of amides is 1. The van der Waals surface area contributed by atoms with Crippen molar-refractivity contribution in [3.63, 3.8) is 0 Å². The maximum absolute atomic E-state index is 12.8. The van der Waals surface area contributed by atoms with Crippen molar-refractivity contribution < 1.29 is 18.0 Å². The van der Waals surface area contributed by atoms with Crippen molar-refractivity contribution >= 4 is 5.91 Å². The van der Waals surface area contributed by atoms with Crippen LogP contribution in [0, 0.1) is 5.92 Å². The zero-order valence-corrected chi connectivity index (χ0v) is 14.0. The van der Waals surface area contributed by atoms with Gasteiger partial charge in [0.25, 0.3) is 0 Å². The van der Waals surface area contributed by atoms with Gasteiger partial charge in [-0.1, -0.05) is 19.8 Å². The second-order valence-corrected chi connectivity index (χ2v) is 6.49. The van der Waals surface area contributed by atoms with Gasteiger partial charge in [-0.15, -0.1) is 0 Å². The predicted octanol–water partition coefficient (Wildman–Crippen LogP) is 3.69. The Bertz CT molecular complexity index is 345. The van der Waals surface area contributed by atoms with Gasteiger partial charge < -0.3 is 4.90 Å². The van der Waals surface area contributed by atoms with Crippen LogP contribution in [0.15, 0.2) is 0 Å². The number of hydrogen-bond acceptors (Lipinski definition) is 2. The van der Waals surface area contributed by atoms with Crippen LogP contribution in [0.3, 0.4) is 0 Å². The number of carbonyl (C=O) groups excluding carboxylic acids is 1. The third kappa shape index (κ3) is 6.15. The molecular weight excluding hydrogens is 293 g/mol. The van der Waals surface area contributed by atoms with Gasteiger partial charge in [-0.2, -0.15) is 13.2 Å². The summed E-state index contributed by atoms with van der Waals surface area (Å²) >= 11 is 0. The Morgan fingerprint density at radius 3 is 2.55 bits per heavy atom. The monoisotopic (exact) mass is 322 g/mol. The fourth-order valence-electron chi connectivity index (χ4n) is 2.83. The average molecular weight is 322 g/mol. The molecule has 0 aliphatic carbocycles. The van der Waals surface area contributed by atoms with Gasteiger partial charge in [0.15, 0.2) is 0 Å². The summed E-state index contributed by atoms with van der Waals surface area (Å²) in [6, 6.07) is 0.226. The van der Waals surface area contributed by atoms with Crippen LogP contribution in [-0.4, -0.2) is 54.1 Å². The summed E-state index contributed by atoms with van der Waals surface area (Å²) < 4.78 is 38.5. The van der Waals surface area contributed by atoms with Gasteiger partial charge in [-0.05, 0) is 39.7 Å². The standard InChI is InChI=1S/C16H29F3N2O/c1-4-5-6-9-20(13(2)3)12-15(22)21-10-7-8-14(11-21)16(17,18)19/h13-14H,4-12H2,1-3H3. The van der Waals surface area contributed by atoms with Gasteiger partial charge >= 0.3 is 6.18 Å². The first-order valence-electron chi connectivity index (χ1n) is 8.34. The van der Waals surface area contributed by atoms with Crippen LogP contribution < -0.4 is 0 Å². The first-order chi connectivity index (χ1) is 10.3. The highest BCUT2D eigenvalue weighted by atomic mass is 19.4. The molecule has 0 radical (unpaired) electrons. The molecule has 1 fully saturated rings. The molecule has 1 heterocycles. The zero-order chi connectivity index (χ0) is 16.8. The van der Waals surface area contributed by atoms with Gasteiger partial charge in [-0.25, -0.2) is 0 Å². The zero-order valence-electron chi connectivity index (χ0n) is 14.0. The number of piperidine rings is 1. The fourth-order valence-corrected chi connectivity index (χ4v) is 2.83. The number of likely N-dealkylation sites (tertiary alicyclic amines) is 1. The molecule has 0 aromatic rings. The molecule has 1 atom stereocenters. The molecule has 0 N–H and O–H groups in total. The number of unbranched alkanes of at least 4 members (excludes halogenated alkanes) is 2. The first-order valence-corrected chi connectivity index (χ1v) is 8.34. The lowest BCUT2D eigenvalue weighted by atomic mass is 9.97. The molecule has 1 rings (SSSR count). The Morgan fingerprint density at radius 1 is 1.32 bits per heavy atom. The van der Waals surface area contributed by atoms with Crippen molar-refractivity contribution in [2.75, 3.05) is 26.2 Å². The summed E-state index contributed by atoms with van der Waals surface area (Å²) in [6.45, 7) is 7.49. The summed E-state index contributed by atoms with van der Waals surface area (Å²) in [5.41, 5.74) is 0. The predicted molar refractivity (Wildman–Crippen MR) is 81.6 cm³/mol. The third-order valence-corrected chi connectivity index (χ3v) is 4.35. The Morgan fingerprint density at radius 2 is 2.00 bits per heavy atom. The molecule has 22 heavy (non-hydrogen) atoms. The SMILES string of the molecule is CCCCCN(CC(=O)N1CCCC(C(F)(F)F)C1)C(C)C. The molecular formula is C16H29F3N2O. The molecule has 1 aliphatic rings. The van der Waals surface area contributed by atoms with Crippen LogP contribution in [0.5, 0.6) is 0 Å². The Hall–Kier alpha value is -0.780. The summed E-state index contributed by atoms with van der Waals surface area (Å²) in [7, 11) is 0. The maximum Gasteiger partial charge on any atom is 0.393 e. The molecule has 130 valence electrons. The smallest absolute Gasteiger partial charge is 0.341 e. The van der Waals surface area contributed by atoms with E-state index < -0.39 is 12.1 Å². The minimum atomic E-state index is -4.20. The van der Waals surface area contributed by atoms with E-state index in [-0.39, 0.29) is 31.5 Å². The molecule has 0 saturated carbocycles. The Balaban J connectivity index is 2.54. The molecule has 0 spiro atoms. The van der Waals surface area contributed by atoms with Crippen LogP contribution >= 0.6 is 0 Å². The van der Waals surface area contributed by atoms with E-state index in [0.717, 1.165) is 25.8 Å². The maximum atomic E-state index is 12.8. The van der Waals surface area contributed by atoms with Crippen molar-refractivity contribution in [1.29, 1.82) is 0 Å². The molecule has 0 aromatic heterocycles. The van der Waals surface area contributed by atoms with Crippen LogP contribution in [0.25, 0.3) is 0 Å². The van der Waals surface area contributed by atoms with E-state index in [1.165, 1.54) is 4.90 Å². The number of rotatable bonds is 7. The number of halogens is 3. The second-order valence-electron chi connectivity index (χ2n) is 6.49. The summed E-state index contributed by atoms with van der Waals surface area (Å²) in [5.74, 6) is -1.53. The van der Waals surface area contributed by atoms with Crippen molar-refractivity contribution in [1.82, 2.24) is 9.80 Å². The number of nitrogens with zero attached hydrogens (tertiary/aromatic N) is 2. The number of hydrogen-bond donors (Lipinski definition) is 0. The van der Waals surface area contributed by atoms with Crippen molar-refractivity contribution in [3.8, 4) is 0 Å². The Labute approximate surface area is 131 Å².